The molecule has 0 atom stereocenters. The highest BCUT2D eigenvalue weighted by Gasteiger charge is 2.05. The minimum absolute atomic E-state index is 0.226. The smallest absolute Gasteiger partial charge is 0.335 e. The molecule has 2 aromatic rings. The van der Waals surface area contributed by atoms with E-state index >= 15 is 0 Å². The molecule has 1 aromatic carbocycles. The van der Waals surface area contributed by atoms with Gasteiger partial charge in [-0.05, 0) is 24.5 Å². The van der Waals surface area contributed by atoms with Gasteiger partial charge in [-0.2, -0.15) is 0 Å². The summed E-state index contributed by atoms with van der Waals surface area (Å²) in [6, 6.07) is 6.47. The molecule has 0 amide bonds. The number of hydrogen-bond donors (Lipinski definition) is 1. The maximum Gasteiger partial charge on any atom is 0.335 e. The fraction of sp³-hybridized carbons (Fsp3) is 0.250. The fourth-order valence-electron chi connectivity index (χ4n) is 1.35. The third kappa shape index (κ3) is 4.39. The second-order valence-electron chi connectivity index (χ2n) is 3.57. The molecule has 5 nitrogen and oxygen atoms in total. The third-order valence-corrected chi connectivity index (χ3v) is 5.22. The van der Waals surface area contributed by atoms with E-state index in [1.807, 2.05) is 6.26 Å². The molecule has 0 aliphatic carbocycles. The summed E-state index contributed by atoms with van der Waals surface area (Å²) >= 11 is 4.71. The van der Waals surface area contributed by atoms with Crippen LogP contribution in [0.5, 0.6) is 5.75 Å². The van der Waals surface area contributed by atoms with Crippen molar-refractivity contribution in [1.29, 1.82) is 0 Å². The second-order valence-corrected chi connectivity index (χ2v) is 6.94. The van der Waals surface area contributed by atoms with Crippen LogP contribution in [0.2, 0.25) is 0 Å². The molecule has 0 aliphatic heterocycles. The summed E-state index contributed by atoms with van der Waals surface area (Å²) in [4.78, 5) is 10.8. The van der Waals surface area contributed by atoms with Crippen LogP contribution >= 0.6 is 34.9 Å². The SMILES string of the molecule is CSc1nnc(SCCOc2cccc(C(=O)O)c2)s1. The van der Waals surface area contributed by atoms with E-state index in [0.29, 0.717) is 12.4 Å². The molecular formula is C12H12N2O3S3. The van der Waals surface area contributed by atoms with Crippen molar-refractivity contribution in [2.45, 2.75) is 8.68 Å². The van der Waals surface area contributed by atoms with Crippen molar-refractivity contribution in [2.24, 2.45) is 0 Å². The summed E-state index contributed by atoms with van der Waals surface area (Å²) in [7, 11) is 0. The highest BCUT2D eigenvalue weighted by atomic mass is 32.2. The Morgan fingerprint density at radius 3 is 2.90 bits per heavy atom. The van der Waals surface area contributed by atoms with Crippen LogP contribution in [0.4, 0.5) is 0 Å². The van der Waals surface area contributed by atoms with Crippen molar-refractivity contribution < 1.29 is 14.6 Å². The average Bonchev–Trinajstić information content (AvgIpc) is 2.92. The number of aromatic carboxylic acids is 1. The number of thioether (sulfide) groups is 2. The van der Waals surface area contributed by atoms with E-state index in [1.165, 1.54) is 12.1 Å². The lowest BCUT2D eigenvalue weighted by atomic mass is 10.2. The summed E-state index contributed by atoms with van der Waals surface area (Å²) < 4.78 is 7.38. The van der Waals surface area contributed by atoms with Crippen molar-refractivity contribution in [3.05, 3.63) is 29.8 Å². The first-order valence-corrected chi connectivity index (χ1v) is 8.68. The summed E-state index contributed by atoms with van der Waals surface area (Å²) in [5.74, 6) is 0.344. The van der Waals surface area contributed by atoms with Gasteiger partial charge >= 0.3 is 5.97 Å². The van der Waals surface area contributed by atoms with Crippen molar-refractivity contribution in [2.75, 3.05) is 18.6 Å². The quantitative estimate of drug-likeness (QED) is 0.618. The Morgan fingerprint density at radius 1 is 1.40 bits per heavy atom. The Morgan fingerprint density at radius 2 is 2.20 bits per heavy atom. The fourth-order valence-corrected chi connectivity index (χ4v) is 3.67. The maximum atomic E-state index is 10.8. The number of hydrogen-bond acceptors (Lipinski definition) is 7. The van der Waals surface area contributed by atoms with Gasteiger partial charge in [-0.25, -0.2) is 4.79 Å². The second kappa shape index (κ2) is 7.51. The summed E-state index contributed by atoms with van der Waals surface area (Å²) in [6.07, 6.45) is 1.97. The van der Waals surface area contributed by atoms with Gasteiger partial charge in [0.25, 0.3) is 0 Å². The molecule has 0 bridgehead atoms. The predicted molar refractivity (Wildman–Crippen MR) is 81.3 cm³/mol. The van der Waals surface area contributed by atoms with Gasteiger partial charge in [0.2, 0.25) is 0 Å². The Bertz CT molecular complexity index is 589. The van der Waals surface area contributed by atoms with Crippen LogP contribution in [0.25, 0.3) is 0 Å². The Balaban J connectivity index is 1.78. The molecule has 0 fully saturated rings. The topological polar surface area (TPSA) is 72.3 Å². The predicted octanol–water partition coefficient (Wildman–Crippen LogP) is 3.13. The molecule has 1 N–H and O–H groups in total. The van der Waals surface area contributed by atoms with Crippen LogP contribution in [0.15, 0.2) is 32.9 Å². The molecule has 20 heavy (non-hydrogen) atoms. The van der Waals surface area contributed by atoms with Gasteiger partial charge in [-0.3, -0.25) is 0 Å². The number of aromatic nitrogens is 2. The van der Waals surface area contributed by atoms with Crippen LogP contribution in [0.1, 0.15) is 10.4 Å². The number of benzene rings is 1. The van der Waals surface area contributed by atoms with Gasteiger partial charge in [0.1, 0.15) is 5.75 Å². The first-order valence-electron chi connectivity index (χ1n) is 5.65. The lowest BCUT2D eigenvalue weighted by molar-refractivity contribution is 0.0696. The normalized spacial score (nSPS) is 10.4. The minimum Gasteiger partial charge on any atom is -0.493 e. The number of nitrogens with zero attached hydrogens (tertiary/aromatic N) is 2. The van der Waals surface area contributed by atoms with Gasteiger partial charge in [-0.15, -0.1) is 10.2 Å². The summed E-state index contributed by atoms with van der Waals surface area (Å²) in [6.45, 7) is 0.488. The van der Waals surface area contributed by atoms with E-state index in [1.54, 1.807) is 47.0 Å². The maximum absolute atomic E-state index is 10.8. The molecule has 106 valence electrons. The molecule has 0 spiro atoms. The van der Waals surface area contributed by atoms with E-state index in [4.69, 9.17) is 9.84 Å². The van der Waals surface area contributed by atoms with Crippen LogP contribution in [0.3, 0.4) is 0 Å². The van der Waals surface area contributed by atoms with Crippen molar-refractivity contribution in [3.8, 4) is 5.75 Å². The molecule has 1 heterocycles. The van der Waals surface area contributed by atoms with E-state index in [0.717, 1.165) is 14.4 Å². The Hall–Kier alpha value is -1.25. The van der Waals surface area contributed by atoms with E-state index in [-0.39, 0.29) is 5.56 Å². The lowest BCUT2D eigenvalue weighted by Gasteiger charge is -2.05. The van der Waals surface area contributed by atoms with E-state index in [2.05, 4.69) is 10.2 Å². The van der Waals surface area contributed by atoms with Crippen LogP contribution in [0, 0.1) is 0 Å². The molecule has 0 saturated heterocycles. The monoisotopic (exact) mass is 328 g/mol. The lowest BCUT2D eigenvalue weighted by Crippen LogP contribution is -2.02. The molecule has 1 aromatic heterocycles. The van der Waals surface area contributed by atoms with Crippen LogP contribution in [-0.2, 0) is 0 Å². The highest BCUT2D eigenvalue weighted by Crippen LogP contribution is 2.27. The van der Waals surface area contributed by atoms with Gasteiger partial charge in [0.05, 0.1) is 12.2 Å². The average molecular weight is 328 g/mol. The van der Waals surface area contributed by atoms with Crippen molar-refractivity contribution in [1.82, 2.24) is 10.2 Å². The molecular weight excluding hydrogens is 316 g/mol. The molecule has 2 rings (SSSR count). The largest absolute Gasteiger partial charge is 0.493 e. The van der Waals surface area contributed by atoms with Crippen molar-refractivity contribution >= 4 is 40.8 Å². The molecule has 0 unspecified atom stereocenters. The Kier molecular flexibility index (Phi) is 5.69. The first-order chi connectivity index (χ1) is 9.69. The summed E-state index contributed by atoms with van der Waals surface area (Å²) in [5, 5.41) is 16.9. The zero-order valence-electron chi connectivity index (χ0n) is 10.6. The standard InChI is InChI=1S/C12H12N2O3S3/c1-18-11-13-14-12(20-11)19-6-5-17-9-4-2-3-8(7-9)10(15)16/h2-4,7H,5-6H2,1H3,(H,15,16). The number of carboxylic acid groups (broad SMARTS) is 1. The zero-order chi connectivity index (χ0) is 14.4. The van der Waals surface area contributed by atoms with Gasteiger partial charge in [0.15, 0.2) is 8.68 Å². The van der Waals surface area contributed by atoms with E-state index < -0.39 is 5.97 Å². The molecule has 0 radical (unpaired) electrons. The molecule has 0 saturated carbocycles. The number of carbonyl (C=O) groups is 1. The summed E-state index contributed by atoms with van der Waals surface area (Å²) in [5.41, 5.74) is 0.226. The number of ether oxygens (including phenoxy) is 1. The highest BCUT2D eigenvalue weighted by molar-refractivity contribution is 8.02. The van der Waals surface area contributed by atoms with Gasteiger partial charge in [-0.1, -0.05) is 40.9 Å². The van der Waals surface area contributed by atoms with Crippen LogP contribution < -0.4 is 4.74 Å². The van der Waals surface area contributed by atoms with E-state index in [9.17, 15) is 4.79 Å². The third-order valence-electron chi connectivity index (χ3n) is 2.22. The van der Waals surface area contributed by atoms with Crippen LogP contribution in [-0.4, -0.2) is 39.9 Å². The van der Waals surface area contributed by atoms with Crippen molar-refractivity contribution in [3.63, 3.8) is 0 Å². The van der Waals surface area contributed by atoms with Gasteiger partial charge in [0, 0.05) is 5.75 Å². The number of carboxylic acids is 1. The van der Waals surface area contributed by atoms with Gasteiger partial charge < -0.3 is 9.84 Å². The first kappa shape index (κ1) is 15.1. The minimum atomic E-state index is -0.955. The zero-order valence-corrected chi connectivity index (χ0v) is 13.1. The number of rotatable bonds is 7. The Labute approximate surface area is 128 Å². The molecule has 0 aliphatic rings. The molecule has 8 heteroatoms.